The standard InChI is InChI=1S/C26H30FIN2O5/c1-2-7-24(32)30(16-17-8-3-4-9-19(17)27)21-14-18(26(34)29-12-13-31)15-23(25(21)33)35-22-11-6-5-10-20(22)28/h3-6,8-11,15,21,23,25,31,33H,2,7,12-14,16H2,1H3,(H,29,34)/t21-,23+,25+/m1/s1. The van der Waals surface area contributed by atoms with Crippen LogP contribution in [0.5, 0.6) is 5.75 Å². The molecular formula is C26H30FIN2O5. The van der Waals surface area contributed by atoms with E-state index in [4.69, 9.17) is 9.84 Å². The van der Waals surface area contributed by atoms with Crippen LogP contribution in [0.2, 0.25) is 0 Å². The van der Waals surface area contributed by atoms with Gasteiger partial charge in [0.1, 0.15) is 23.8 Å². The number of hydrogen-bond acceptors (Lipinski definition) is 5. The quantitative estimate of drug-likeness (QED) is 0.366. The average Bonchev–Trinajstić information content (AvgIpc) is 2.85. The van der Waals surface area contributed by atoms with Crippen molar-refractivity contribution in [3.63, 3.8) is 0 Å². The fraction of sp³-hybridized carbons (Fsp3) is 0.385. The Balaban J connectivity index is 1.98. The number of ether oxygens (including phenoxy) is 1. The molecule has 0 spiro atoms. The lowest BCUT2D eigenvalue weighted by Gasteiger charge is -2.40. The highest BCUT2D eigenvalue weighted by Gasteiger charge is 2.40. The minimum absolute atomic E-state index is 0.0473. The Morgan fingerprint density at radius 2 is 1.91 bits per heavy atom. The van der Waals surface area contributed by atoms with Crippen molar-refractivity contribution in [2.45, 2.75) is 51.0 Å². The number of para-hydroxylation sites is 1. The number of amides is 2. The van der Waals surface area contributed by atoms with Gasteiger partial charge in [-0.3, -0.25) is 9.59 Å². The van der Waals surface area contributed by atoms with Gasteiger partial charge in [-0.05, 0) is 53.3 Å². The van der Waals surface area contributed by atoms with Crippen LogP contribution in [0.4, 0.5) is 4.39 Å². The maximum Gasteiger partial charge on any atom is 0.247 e. The minimum atomic E-state index is -1.16. The maximum absolute atomic E-state index is 14.5. The summed E-state index contributed by atoms with van der Waals surface area (Å²) in [5.74, 6) is -0.578. The first-order valence-electron chi connectivity index (χ1n) is 11.6. The molecule has 2 aromatic rings. The molecule has 0 heterocycles. The van der Waals surface area contributed by atoms with Crippen LogP contribution < -0.4 is 10.1 Å². The first kappa shape index (κ1) is 27.1. The highest BCUT2D eigenvalue weighted by atomic mass is 127. The number of hydrogen-bond donors (Lipinski definition) is 3. The van der Waals surface area contributed by atoms with Gasteiger partial charge in [0.05, 0.1) is 16.2 Å². The van der Waals surface area contributed by atoms with Gasteiger partial charge in [-0.25, -0.2) is 4.39 Å². The van der Waals surface area contributed by atoms with Gasteiger partial charge in [0.15, 0.2) is 0 Å². The van der Waals surface area contributed by atoms with E-state index in [2.05, 4.69) is 27.9 Å². The van der Waals surface area contributed by atoms with Crippen molar-refractivity contribution in [3.05, 3.63) is 75.1 Å². The predicted molar refractivity (Wildman–Crippen MR) is 138 cm³/mol. The first-order chi connectivity index (χ1) is 16.8. The molecule has 0 unspecified atom stereocenters. The van der Waals surface area contributed by atoms with E-state index in [0.29, 0.717) is 23.3 Å². The molecule has 3 N–H and O–H groups in total. The molecule has 1 aliphatic rings. The van der Waals surface area contributed by atoms with Crippen molar-refractivity contribution in [3.8, 4) is 5.75 Å². The van der Waals surface area contributed by atoms with E-state index < -0.39 is 30.0 Å². The fourth-order valence-corrected chi connectivity index (χ4v) is 4.54. The van der Waals surface area contributed by atoms with E-state index in [-0.39, 0.29) is 38.4 Å². The predicted octanol–water partition coefficient (Wildman–Crippen LogP) is 3.17. The van der Waals surface area contributed by atoms with Gasteiger partial charge >= 0.3 is 0 Å². The zero-order chi connectivity index (χ0) is 25.4. The van der Waals surface area contributed by atoms with Crippen LogP contribution in [0.3, 0.4) is 0 Å². The molecule has 3 atom stereocenters. The second-order valence-electron chi connectivity index (χ2n) is 8.31. The fourth-order valence-electron chi connectivity index (χ4n) is 4.02. The van der Waals surface area contributed by atoms with Crippen LogP contribution >= 0.6 is 22.6 Å². The van der Waals surface area contributed by atoms with Crippen molar-refractivity contribution < 1.29 is 28.9 Å². The number of aliphatic hydroxyl groups excluding tert-OH is 2. The molecule has 7 nitrogen and oxygen atoms in total. The second kappa shape index (κ2) is 13.0. The van der Waals surface area contributed by atoms with E-state index in [1.54, 1.807) is 36.4 Å². The minimum Gasteiger partial charge on any atom is -0.482 e. The summed E-state index contributed by atoms with van der Waals surface area (Å²) in [6.07, 6.45) is 0.341. The summed E-state index contributed by atoms with van der Waals surface area (Å²) in [4.78, 5) is 27.4. The van der Waals surface area contributed by atoms with Crippen molar-refractivity contribution in [1.82, 2.24) is 10.2 Å². The Morgan fingerprint density at radius 3 is 2.60 bits per heavy atom. The number of benzene rings is 2. The highest BCUT2D eigenvalue weighted by Crippen LogP contribution is 2.31. The smallest absolute Gasteiger partial charge is 0.247 e. The van der Waals surface area contributed by atoms with E-state index in [1.165, 1.54) is 11.0 Å². The van der Waals surface area contributed by atoms with E-state index in [0.717, 1.165) is 3.57 Å². The SMILES string of the molecule is CCCC(=O)N(Cc1ccccc1F)[C@@H]1CC(C(=O)NCCO)=C[C@H](Oc2ccccc2I)[C@H]1O. The number of carbonyl (C=O) groups is 2. The maximum atomic E-state index is 14.5. The lowest BCUT2D eigenvalue weighted by atomic mass is 9.87. The number of halogens is 2. The van der Waals surface area contributed by atoms with Crippen molar-refractivity contribution in [1.29, 1.82) is 0 Å². The molecular weight excluding hydrogens is 566 g/mol. The van der Waals surface area contributed by atoms with Gasteiger partial charge in [0.25, 0.3) is 0 Å². The molecule has 0 aromatic heterocycles. The number of carbonyl (C=O) groups excluding carboxylic acids is 2. The van der Waals surface area contributed by atoms with Gasteiger partial charge < -0.3 is 25.2 Å². The Hall–Kier alpha value is -2.50. The van der Waals surface area contributed by atoms with Gasteiger partial charge in [-0.2, -0.15) is 0 Å². The van der Waals surface area contributed by atoms with Crippen LogP contribution in [-0.2, 0) is 16.1 Å². The molecule has 0 saturated heterocycles. The summed E-state index contributed by atoms with van der Waals surface area (Å²) >= 11 is 2.12. The average molecular weight is 596 g/mol. The third-order valence-electron chi connectivity index (χ3n) is 5.80. The van der Waals surface area contributed by atoms with Gasteiger partial charge in [0, 0.05) is 37.1 Å². The van der Waals surface area contributed by atoms with Gasteiger partial charge in [0.2, 0.25) is 11.8 Å². The number of nitrogens with one attached hydrogen (secondary N) is 1. The summed E-state index contributed by atoms with van der Waals surface area (Å²) in [6, 6.07) is 12.6. The summed E-state index contributed by atoms with van der Waals surface area (Å²) in [5.41, 5.74) is 0.646. The van der Waals surface area contributed by atoms with Crippen molar-refractivity contribution >= 4 is 34.4 Å². The third kappa shape index (κ3) is 7.02. The molecule has 0 bridgehead atoms. The lowest BCUT2D eigenvalue weighted by molar-refractivity contribution is -0.139. The Kier molecular flexibility index (Phi) is 10.1. The highest BCUT2D eigenvalue weighted by molar-refractivity contribution is 14.1. The largest absolute Gasteiger partial charge is 0.482 e. The van der Waals surface area contributed by atoms with Crippen molar-refractivity contribution in [2.24, 2.45) is 0 Å². The van der Waals surface area contributed by atoms with Crippen LogP contribution in [0, 0.1) is 9.39 Å². The molecule has 2 amide bonds. The molecule has 0 radical (unpaired) electrons. The van der Waals surface area contributed by atoms with Crippen LogP contribution in [-0.4, -0.2) is 58.3 Å². The van der Waals surface area contributed by atoms with Crippen LogP contribution in [0.25, 0.3) is 0 Å². The molecule has 0 aliphatic heterocycles. The molecule has 3 rings (SSSR count). The summed E-state index contributed by atoms with van der Waals surface area (Å²) in [6.45, 7) is 1.67. The van der Waals surface area contributed by atoms with E-state index in [1.807, 2.05) is 19.1 Å². The summed E-state index contributed by atoms with van der Waals surface area (Å²) in [5, 5.41) is 23.1. The third-order valence-corrected chi connectivity index (χ3v) is 6.69. The Morgan fingerprint density at radius 1 is 1.20 bits per heavy atom. The normalized spacial score (nSPS) is 19.6. The first-order valence-corrected chi connectivity index (χ1v) is 12.7. The number of aliphatic hydroxyl groups is 2. The molecule has 188 valence electrons. The molecule has 0 fully saturated rings. The Bertz CT molecular complexity index is 1060. The topological polar surface area (TPSA) is 99.1 Å². The molecule has 35 heavy (non-hydrogen) atoms. The van der Waals surface area contributed by atoms with E-state index >= 15 is 0 Å². The number of rotatable bonds is 10. The molecule has 2 aromatic carbocycles. The summed E-state index contributed by atoms with van der Waals surface area (Å²) < 4.78 is 21.4. The molecule has 0 saturated carbocycles. The van der Waals surface area contributed by atoms with Gasteiger partial charge in [-0.15, -0.1) is 0 Å². The van der Waals surface area contributed by atoms with Crippen LogP contribution in [0.1, 0.15) is 31.7 Å². The summed E-state index contributed by atoms with van der Waals surface area (Å²) in [7, 11) is 0. The monoisotopic (exact) mass is 596 g/mol. The Labute approximate surface area is 218 Å². The molecule has 1 aliphatic carbocycles. The zero-order valence-corrected chi connectivity index (χ0v) is 21.7. The zero-order valence-electron chi connectivity index (χ0n) is 19.5. The van der Waals surface area contributed by atoms with Gasteiger partial charge in [-0.1, -0.05) is 37.3 Å². The lowest BCUT2D eigenvalue weighted by Crippen LogP contribution is -2.54. The molecule has 9 heteroatoms. The van der Waals surface area contributed by atoms with E-state index in [9.17, 15) is 19.1 Å². The van der Waals surface area contributed by atoms with Crippen molar-refractivity contribution in [2.75, 3.05) is 13.2 Å². The van der Waals surface area contributed by atoms with Crippen LogP contribution in [0.15, 0.2) is 60.2 Å². The second-order valence-corrected chi connectivity index (χ2v) is 9.47. The number of nitrogens with zero attached hydrogens (tertiary/aromatic N) is 1.